The molecule has 164 valence electrons. The number of anilines is 3. The second kappa shape index (κ2) is 10.9. The first-order valence-electron chi connectivity index (χ1n) is 10.4. The fourth-order valence-electron chi connectivity index (χ4n) is 3.38. The molecule has 1 aromatic carbocycles. The van der Waals surface area contributed by atoms with E-state index >= 15 is 0 Å². The van der Waals surface area contributed by atoms with Gasteiger partial charge in [0.1, 0.15) is 6.61 Å². The molecule has 2 N–H and O–H groups in total. The average molecular weight is 419 g/mol. The van der Waals surface area contributed by atoms with Crippen LogP contribution in [-0.4, -0.2) is 60.8 Å². The number of nitrogens with zero attached hydrogens (tertiary/aromatic N) is 4. The summed E-state index contributed by atoms with van der Waals surface area (Å²) in [5.41, 5.74) is 0.511. The lowest BCUT2D eigenvalue weighted by molar-refractivity contribution is 0.245. The Kier molecular flexibility index (Phi) is 8.01. The van der Waals surface area contributed by atoms with Crippen molar-refractivity contribution in [1.29, 1.82) is 0 Å². The van der Waals surface area contributed by atoms with Crippen molar-refractivity contribution in [1.82, 2.24) is 19.9 Å². The van der Waals surface area contributed by atoms with E-state index in [1.807, 2.05) is 19.0 Å². The second-order valence-electron chi connectivity index (χ2n) is 7.78. The minimum absolute atomic E-state index is 0.179. The zero-order valence-electron chi connectivity index (χ0n) is 17.9. The maximum Gasteiger partial charge on any atom is 0.323 e. The van der Waals surface area contributed by atoms with Gasteiger partial charge < -0.3 is 25.0 Å². The van der Waals surface area contributed by atoms with Crippen molar-refractivity contribution in [2.45, 2.75) is 32.1 Å². The molecule has 3 rings (SSSR count). The third kappa shape index (κ3) is 6.69. The number of aromatic nitrogens is 3. The Hall–Kier alpha value is -2.68. The van der Waals surface area contributed by atoms with Crippen LogP contribution in [0.1, 0.15) is 32.1 Å². The predicted molar refractivity (Wildman–Crippen MR) is 115 cm³/mol. The number of likely N-dealkylation sites (N-methyl/N-ethyl adjacent to an activating group) is 1. The van der Waals surface area contributed by atoms with Crippen LogP contribution in [0.15, 0.2) is 18.2 Å². The third-order valence-corrected chi connectivity index (χ3v) is 5.07. The molecule has 2 aromatic rings. The lowest BCUT2D eigenvalue weighted by Crippen LogP contribution is -2.21. The fourth-order valence-corrected chi connectivity index (χ4v) is 3.38. The molecule has 0 saturated heterocycles. The van der Waals surface area contributed by atoms with Gasteiger partial charge in [0.25, 0.3) is 0 Å². The van der Waals surface area contributed by atoms with Gasteiger partial charge in [-0.25, -0.2) is 4.39 Å². The van der Waals surface area contributed by atoms with Gasteiger partial charge in [0, 0.05) is 24.8 Å². The SMILES string of the molecule is COc1ccc(Nc2nc(NCC3CCCCC3)nc(OCCN(C)C)n2)cc1F. The van der Waals surface area contributed by atoms with Crippen molar-refractivity contribution in [2.75, 3.05) is 51.5 Å². The minimum atomic E-state index is -0.463. The van der Waals surface area contributed by atoms with Gasteiger partial charge in [-0.2, -0.15) is 15.0 Å². The Morgan fingerprint density at radius 3 is 2.57 bits per heavy atom. The van der Waals surface area contributed by atoms with Crippen molar-refractivity contribution in [3.8, 4) is 11.8 Å². The molecule has 1 aliphatic rings. The van der Waals surface area contributed by atoms with Crippen LogP contribution in [0.3, 0.4) is 0 Å². The average Bonchev–Trinajstić information content (AvgIpc) is 2.73. The summed E-state index contributed by atoms with van der Waals surface area (Å²) < 4.78 is 24.7. The number of rotatable bonds is 10. The summed E-state index contributed by atoms with van der Waals surface area (Å²) in [6.07, 6.45) is 6.32. The van der Waals surface area contributed by atoms with Crippen LogP contribution < -0.4 is 20.1 Å². The summed E-state index contributed by atoms with van der Waals surface area (Å²) in [6, 6.07) is 4.82. The molecule has 0 unspecified atom stereocenters. The molecule has 0 aliphatic heterocycles. The number of hydrogen-bond donors (Lipinski definition) is 2. The summed E-state index contributed by atoms with van der Waals surface area (Å²) in [5.74, 6) is 1.08. The standard InChI is InChI=1S/C21H31FN6O2/c1-28(2)11-12-30-21-26-19(23-14-15-7-5-4-6-8-15)25-20(27-21)24-16-9-10-18(29-3)17(22)13-16/h9-10,13,15H,4-8,11-12,14H2,1-3H3,(H2,23,24,25,26,27). The molecule has 1 aromatic heterocycles. The minimum Gasteiger partial charge on any atom is -0.494 e. The van der Waals surface area contributed by atoms with Gasteiger partial charge in [0.05, 0.1) is 7.11 Å². The van der Waals surface area contributed by atoms with Crippen molar-refractivity contribution in [3.63, 3.8) is 0 Å². The molecular formula is C21H31FN6O2. The van der Waals surface area contributed by atoms with Crippen molar-refractivity contribution in [3.05, 3.63) is 24.0 Å². The Bertz CT molecular complexity index is 814. The highest BCUT2D eigenvalue weighted by Crippen LogP contribution is 2.25. The molecule has 8 nitrogen and oxygen atoms in total. The smallest absolute Gasteiger partial charge is 0.323 e. The highest BCUT2D eigenvalue weighted by atomic mass is 19.1. The maximum absolute atomic E-state index is 14.0. The lowest BCUT2D eigenvalue weighted by Gasteiger charge is -2.21. The summed E-state index contributed by atoms with van der Waals surface area (Å²) in [5, 5.41) is 6.35. The first-order valence-corrected chi connectivity index (χ1v) is 10.4. The number of hydrogen-bond acceptors (Lipinski definition) is 8. The molecule has 1 saturated carbocycles. The van der Waals surface area contributed by atoms with Gasteiger partial charge in [-0.15, -0.1) is 0 Å². The number of ether oxygens (including phenoxy) is 2. The molecule has 0 atom stereocenters. The molecule has 1 heterocycles. The zero-order chi connectivity index (χ0) is 21.3. The quantitative estimate of drug-likeness (QED) is 0.604. The lowest BCUT2D eigenvalue weighted by atomic mass is 9.89. The Labute approximate surface area is 177 Å². The molecule has 0 amide bonds. The second-order valence-corrected chi connectivity index (χ2v) is 7.78. The topological polar surface area (TPSA) is 84.4 Å². The maximum atomic E-state index is 14.0. The molecular weight excluding hydrogens is 387 g/mol. The van der Waals surface area contributed by atoms with E-state index in [9.17, 15) is 4.39 Å². The molecule has 0 spiro atoms. The van der Waals surface area contributed by atoms with Gasteiger partial charge >= 0.3 is 6.01 Å². The molecule has 30 heavy (non-hydrogen) atoms. The summed E-state index contributed by atoms with van der Waals surface area (Å²) in [4.78, 5) is 15.2. The molecule has 0 bridgehead atoms. The summed E-state index contributed by atoms with van der Waals surface area (Å²) in [6.45, 7) is 2.01. The highest BCUT2D eigenvalue weighted by Gasteiger charge is 2.15. The first kappa shape index (κ1) is 22.0. The van der Waals surface area contributed by atoms with Crippen LogP contribution >= 0.6 is 0 Å². The van der Waals surface area contributed by atoms with Crippen molar-refractivity contribution in [2.24, 2.45) is 5.92 Å². The Morgan fingerprint density at radius 2 is 1.87 bits per heavy atom. The normalized spacial score (nSPS) is 14.6. The fraction of sp³-hybridized carbons (Fsp3) is 0.571. The molecule has 1 fully saturated rings. The van der Waals surface area contributed by atoms with Crippen LogP contribution in [0.2, 0.25) is 0 Å². The Morgan fingerprint density at radius 1 is 1.10 bits per heavy atom. The number of benzene rings is 1. The van der Waals surface area contributed by atoms with Crippen LogP contribution in [0, 0.1) is 11.7 Å². The van der Waals surface area contributed by atoms with Crippen LogP contribution in [0.5, 0.6) is 11.8 Å². The largest absolute Gasteiger partial charge is 0.494 e. The zero-order valence-corrected chi connectivity index (χ0v) is 17.9. The number of nitrogens with one attached hydrogen (secondary N) is 2. The van der Waals surface area contributed by atoms with E-state index < -0.39 is 5.82 Å². The summed E-state index contributed by atoms with van der Waals surface area (Å²) >= 11 is 0. The van der Waals surface area contributed by atoms with Crippen molar-refractivity contribution < 1.29 is 13.9 Å². The predicted octanol–water partition coefficient (Wildman–Crippen LogP) is 3.70. The van der Waals surface area contributed by atoms with E-state index in [-0.39, 0.29) is 11.8 Å². The van der Waals surface area contributed by atoms with Gasteiger partial charge in [0.2, 0.25) is 11.9 Å². The van der Waals surface area contributed by atoms with E-state index in [2.05, 4.69) is 25.6 Å². The summed E-state index contributed by atoms with van der Waals surface area (Å²) in [7, 11) is 5.37. The van der Waals surface area contributed by atoms with Crippen molar-refractivity contribution >= 4 is 17.6 Å². The molecule has 0 radical (unpaired) electrons. The number of methoxy groups -OCH3 is 1. The van der Waals surface area contributed by atoms with E-state index in [1.54, 1.807) is 12.1 Å². The van der Waals surface area contributed by atoms with Crippen LogP contribution in [0.4, 0.5) is 22.0 Å². The van der Waals surface area contributed by atoms with Gasteiger partial charge in [0.15, 0.2) is 11.6 Å². The Balaban J connectivity index is 1.73. The van der Waals surface area contributed by atoms with Gasteiger partial charge in [-0.05, 0) is 45.0 Å². The van der Waals surface area contributed by atoms with E-state index in [1.165, 1.54) is 45.3 Å². The van der Waals surface area contributed by atoms with E-state index in [0.29, 0.717) is 30.1 Å². The molecule has 1 aliphatic carbocycles. The van der Waals surface area contributed by atoms with Crippen LogP contribution in [0.25, 0.3) is 0 Å². The van der Waals surface area contributed by atoms with Gasteiger partial charge in [-0.3, -0.25) is 0 Å². The highest BCUT2D eigenvalue weighted by molar-refractivity contribution is 5.56. The molecule has 9 heteroatoms. The first-order chi connectivity index (χ1) is 14.5. The van der Waals surface area contributed by atoms with E-state index in [4.69, 9.17) is 9.47 Å². The third-order valence-electron chi connectivity index (χ3n) is 5.07. The number of halogens is 1. The monoisotopic (exact) mass is 418 g/mol. The van der Waals surface area contributed by atoms with Crippen LogP contribution in [-0.2, 0) is 0 Å². The van der Waals surface area contributed by atoms with Gasteiger partial charge in [-0.1, -0.05) is 19.3 Å². The van der Waals surface area contributed by atoms with E-state index in [0.717, 1.165) is 13.1 Å².